The van der Waals surface area contributed by atoms with E-state index < -0.39 is 0 Å². The second kappa shape index (κ2) is 8.89. The second-order valence-electron chi connectivity index (χ2n) is 9.08. The van der Waals surface area contributed by atoms with Crippen LogP contribution < -0.4 is 5.43 Å². The van der Waals surface area contributed by atoms with Gasteiger partial charge in [-0.25, -0.2) is 5.43 Å². The fourth-order valence-corrected chi connectivity index (χ4v) is 3.89. The summed E-state index contributed by atoms with van der Waals surface area (Å²) in [5, 5.41) is 4.03. The van der Waals surface area contributed by atoms with Crippen LogP contribution in [0.15, 0.2) is 29.4 Å². The molecule has 1 aromatic rings. The number of rotatable bonds is 5. The number of carbonyl (C=O) groups is 3. The third kappa shape index (κ3) is 5.52. The van der Waals surface area contributed by atoms with Gasteiger partial charge >= 0.3 is 0 Å². The van der Waals surface area contributed by atoms with Crippen LogP contribution in [0.5, 0.6) is 0 Å². The van der Waals surface area contributed by atoms with Gasteiger partial charge in [0.1, 0.15) is 0 Å². The lowest BCUT2D eigenvalue weighted by molar-refractivity contribution is -0.132. The highest BCUT2D eigenvalue weighted by atomic mass is 16.2. The van der Waals surface area contributed by atoms with Crippen LogP contribution in [-0.4, -0.2) is 41.3 Å². The topological polar surface area (TPSA) is 78.8 Å². The summed E-state index contributed by atoms with van der Waals surface area (Å²) in [7, 11) is 0. The molecule has 156 valence electrons. The van der Waals surface area contributed by atoms with Gasteiger partial charge in [0, 0.05) is 43.1 Å². The lowest BCUT2D eigenvalue weighted by atomic mass is 9.85. The van der Waals surface area contributed by atoms with Gasteiger partial charge in [-0.15, -0.1) is 0 Å². The summed E-state index contributed by atoms with van der Waals surface area (Å²) < 4.78 is 0. The van der Waals surface area contributed by atoms with E-state index >= 15 is 0 Å². The van der Waals surface area contributed by atoms with Gasteiger partial charge in [0.25, 0.3) is 0 Å². The Balaban J connectivity index is 1.56. The van der Waals surface area contributed by atoms with Crippen LogP contribution in [0.4, 0.5) is 0 Å². The van der Waals surface area contributed by atoms with E-state index in [1.165, 1.54) is 5.56 Å². The molecule has 6 nitrogen and oxygen atoms in total. The molecule has 2 aliphatic heterocycles. The molecule has 2 amide bonds. The Kier molecular flexibility index (Phi) is 6.50. The molecule has 1 aromatic carbocycles. The summed E-state index contributed by atoms with van der Waals surface area (Å²) in [4.78, 5) is 38.6. The smallest absolute Gasteiger partial charge is 0.240 e. The minimum atomic E-state index is -0.139. The van der Waals surface area contributed by atoms with Crippen molar-refractivity contribution in [2.45, 2.75) is 64.7 Å². The summed E-state index contributed by atoms with van der Waals surface area (Å²) in [5.74, 6) is -0.0278. The highest BCUT2D eigenvalue weighted by Gasteiger charge is 2.29. The molecule has 0 aromatic heterocycles. The number of carbonyl (C=O) groups excluding carboxylic acids is 3. The highest BCUT2D eigenvalue weighted by molar-refractivity contribution is 5.98. The van der Waals surface area contributed by atoms with Gasteiger partial charge in [0.05, 0.1) is 0 Å². The maximum Gasteiger partial charge on any atom is 0.240 e. The molecule has 3 rings (SSSR count). The Labute approximate surface area is 172 Å². The summed E-state index contributed by atoms with van der Waals surface area (Å²) in [6.45, 7) is 7.65. The largest absolute Gasteiger partial charge is 0.342 e. The summed E-state index contributed by atoms with van der Waals surface area (Å²) >= 11 is 0. The first-order valence-electron chi connectivity index (χ1n) is 10.5. The van der Waals surface area contributed by atoms with Crippen LogP contribution in [0.25, 0.3) is 0 Å². The van der Waals surface area contributed by atoms with Crippen LogP contribution in [0.3, 0.4) is 0 Å². The second-order valence-corrected chi connectivity index (χ2v) is 9.08. The number of Topliss-reactive ketones (excluding diaryl/α,β-unsaturated/α-hetero) is 1. The molecule has 0 unspecified atom stereocenters. The molecule has 0 radical (unpaired) electrons. The fraction of sp³-hybridized carbons (Fsp3) is 0.565. The normalized spacial score (nSPS) is 20.1. The number of piperidine rings is 1. The number of amides is 2. The summed E-state index contributed by atoms with van der Waals surface area (Å²) in [6.07, 6.45) is 3.64. The Morgan fingerprint density at radius 3 is 2.52 bits per heavy atom. The molecule has 1 fully saturated rings. The lowest BCUT2D eigenvalue weighted by Crippen LogP contribution is -2.42. The highest BCUT2D eigenvalue weighted by Crippen LogP contribution is 2.25. The van der Waals surface area contributed by atoms with E-state index in [4.69, 9.17) is 0 Å². The zero-order chi connectivity index (χ0) is 21.0. The molecule has 0 spiro atoms. The van der Waals surface area contributed by atoms with Gasteiger partial charge in [-0.1, -0.05) is 45.0 Å². The van der Waals surface area contributed by atoms with E-state index in [1.54, 1.807) is 0 Å². The number of nitrogens with zero attached hydrogens (tertiary/aromatic N) is 2. The molecule has 0 aliphatic carbocycles. The molecule has 0 bridgehead atoms. The number of nitrogens with one attached hydrogen (secondary N) is 1. The zero-order valence-electron chi connectivity index (χ0n) is 17.7. The molecule has 1 N–H and O–H groups in total. The van der Waals surface area contributed by atoms with Crippen molar-refractivity contribution in [3.05, 3.63) is 35.4 Å². The van der Waals surface area contributed by atoms with Crippen LogP contribution >= 0.6 is 0 Å². The molecule has 1 atom stereocenters. The summed E-state index contributed by atoms with van der Waals surface area (Å²) in [5.41, 5.74) is 5.32. The number of likely N-dealkylation sites (tertiary alicyclic amines) is 1. The monoisotopic (exact) mass is 397 g/mol. The molecule has 29 heavy (non-hydrogen) atoms. The first kappa shape index (κ1) is 21.2. The molecular weight excluding hydrogens is 366 g/mol. The van der Waals surface area contributed by atoms with Gasteiger partial charge in [-0.2, -0.15) is 5.10 Å². The maximum absolute atomic E-state index is 13.0. The van der Waals surface area contributed by atoms with Gasteiger partial charge in [0.2, 0.25) is 11.8 Å². The van der Waals surface area contributed by atoms with Crippen molar-refractivity contribution in [2.24, 2.45) is 11.0 Å². The third-order valence-corrected chi connectivity index (χ3v) is 5.79. The van der Waals surface area contributed by atoms with Crippen molar-refractivity contribution in [3.63, 3.8) is 0 Å². The number of hydrazone groups is 1. The van der Waals surface area contributed by atoms with Crippen LogP contribution in [0.2, 0.25) is 0 Å². The minimum Gasteiger partial charge on any atom is -0.342 e. The maximum atomic E-state index is 13.0. The fourth-order valence-electron chi connectivity index (χ4n) is 3.89. The third-order valence-electron chi connectivity index (χ3n) is 5.79. The van der Waals surface area contributed by atoms with Crippen molar-refractivity contribution < 1.29 is 14.4 Å². The molecule has 2 aliphatic rings. The van der Waals surface area contributed by atoms with Gasteiger partial charge in [-0.05, 0) is 36.7 Å². The number of ketones is 1. The Morgan fingerprint density at radius 1 is 1.17 bits per heavy atom. The summed E-state index contributed by atoms with van der Waals surface area (Å²) in [6, 6.07) is 7.89. The molecule has 1 saturated heterocycles. The quantitative estimate of drug-likeness (QED) is 0.773. The van der Waals surface area contributed by atoms with E-state index in [-0.39, 0.29) is 28.9 Å². The first-order valence-corrected chi connectivity index (χ1v) is 10.5. The van der Waals surface area contributed by atoms with E-state index in [1.807, 2.05) is 29.2 Å². The van der Waals surface area contributed by atoms with Gasteiger partial charge in [-0.3, -0.25) is 14.4 Å². The zero-order valence-corrected chi connectivity index (χ0v) is 17.7. The van der Waals surface area contributed by atoms with E-state index in [9.17, 15) is 14.4 Å². The van der Waals surface area contributed by atoms with Crippen LogP contribution in [0.1, 0.15) is 75.2 Å². The average molecular weight is 398 g/mol. The van der Waals surface area contributed by atoms with E-state index in [0.717, 1.165) is 24.1 Å². The van der Waals surface area contributed by atoms with Crippen molar-refractivity contribution in [3.8, 4) is 0 Å². The Morgan fingerprint density at radius 2 is 1.90 bits per heavy atom. The van der Waals surface area contributed by atoms with Crippen molar-refractivity contribution in [1.29, 1.82) is 0 Å². The van der Waals surface area contributed by atoms with E-state index in [0.29, 0.717) is 38.8 Å². The van der Waals surface area contributed by atoms with Gasteiger partial charge < -0.3 is 4.90 Å². The van der Waals surface area contributed by atoms with Crippen molar-refractivity contribution in [2.75, 3.05) is 13.1 Å². The minimum absolute atomic E-state index is 0.0566. The number of hydrogen-bond donors (Lipinski definition) is 1. The average Bonchev–Trinajstić information content (AvgIpc) is 2.72. The van der Waals surface area contributed by atoms with Crippen molar-refractivity contribution >= 4 is 23.3 Å². The lowest BCUT2D eigenvalue weighted by Gasteiger charge is -2.32. The van der Waals surface area contributed by atoms with E-state index in [2.05, 4.69) is 31.3 Å². The van der Waals surface area contributed by atoms with Gasteiger partial charge in [0.15, 0.2) is 5.78 Å². The standard InChI is InChI=1S/C23H31N3O3/c1-23(2,3)18-8-6-16(7-9-18)22(29)17-5-4-14-26(15-17)21(28)13-11-19-10-12-20(27)25-24-19/h6-9,17H,4-5,10-15H2,1-3H3,(H,25,27)/t17-/m1/s1. The Hall–Kier alpha value is -2.50. The van der Waals surface area contributed by atoms with Crippen molar-refractivity contribution in [1.82, 2.24) is 10.3 Å². The number of benzene rings is 1. The molecule has 2 heterocycles. The molecule has 6 heteroatoms. The van der Waals surface area contributed by atoms with Crippen LogP contribution in [-0.2, 0) is 15.0 Å². The predicted molar refractivity (Wildman–Crippen MR) is 113 cm³/mol. The first-order chi connectivity index (χ1) is 13.7. The predicted octanol–water partition coefficient (Wildman–Crippen LogP) is 3.45. The number of hydrogen-bond acceptors (Lipinski definition) is 4. The SMILES string of the molecule is CC(C)(C)c1ccc(C(=O)[C@@H]2CCCN(C(=O)CCC3=NNC(=O)CC3)C2)cc1. The molecular formula is C23H31N3O3. The molecule has 0 saturated carbocycles. The van der Waals surface area contributed by atoms with Crippen LogP contribution in [0, 0.1) is 5.92 Å². The Bertz CT molecular complexity index is 806.